The monoisotopic (exact) mass is 424 g/mol. The summed E-state index contributed by atoms with van der Waals surface area (Å²) < 4.78 is 39.2. The molecule has 0 bridgehead atoms. The van der Waals surface area contributed by atoms with Crippen LogP contribution in [0.4, 0.5) is 18.9 Å². The number of nitrogens with one attached hydrogen (secondary N) is 1. The first-order valence-corrected chi connectivity index (χ1v) is 10.2. The molecule has 0 heterocycles. The molecular formula is C21H23F3N2O2S. The van der Waals surface area contributed by atoms with Crippen molar-refractivity contribution >= 4 is 29.3 Å². The van der Waals surface area contributed by atoms with Crippen LogP contribution in [0, 0.1) is 0 Å². The summed E-state index contributed by atoms with van der Waals surface area (Å²) in [5.41, 5.74) is -0.156. The standard InChI is InChI=1S/C21H23F3N2O2S/c1-3-26(20(28)15(2)29-14-16-9-5-4-6-10-16)13-19(27)25-18-12-8-7-11-17(18)21(22,23)24/h4-12,15H,3,13-14H2,1-2H3,(H,25,27). The van der Waals surface area contributed by atoms with Gasteiger partial charge in [-0.15, -0.1) is 11.8 Å². The van der Waals surface area contributed by atoms with Gasteiger partial charge in [-0.25, -0.2) is 0 Å². The van der Waals surface area contributed by atoms with E-state index < -0.39 is 17.6 Å². The Kier molecular flexibility index (Phi) is 8.13. The lowest BCUT2D eigenvalue weighted by Crippen LogP contribution is -2.41. The normalized spacial score (nSPS) is 12.3. The second-order valence-corrected chi connectivity index (χ2v) is 7.71. The number of hydrogen-bond acceptors (Lipinski definition) is 3. The van der Waals surface area contributed by atoms with Crippen LogP contribution in [0.5, 0.6) is 0 Å². The van der Waals surface area contributed by atoms with Crippen LogP contribution in [0.15, 0.2) is 54.6 Å². The summed E-state index contributed by atoms with van der Waals surface area (Å²) in [5.74, 6) is -0.249. The van der Waals surface area contributed by atoms with Crippen molar-refractivity contribution in [2.24, 2.45) is 0 Å². The maximum atomic E-state index is 13.1. The van der Waals surface area contributed by atoms with Crippen molar-refractivity contribution in [2.45, 2.75) is 31.0 Å². The third-order valence-corrected chi connectivity index (χ3v) is 5.43. The van der Waals surface area contributed by atoms with Crippen molar-refractivity contribution in [2.75, 3.05) is 18.4 Å². The predicted octanol–water partition coefficient (Wildman–Crippen LogP) is 4.81. The lowest BCUT2D eigenvalue weighted by Gasteiger charge is -2.24. The van der Waals surface area contributed by atoms with Crippen LogP contribution < -0.4 is 5.32 Å². The summed E-state index contributed by atoms with van der Waals surface area (Å²) in [4.78, 5) is 26.3. The average molecular weight is 424 g/mol. The quantitative estimate of drug-likeness (QED) is 0.661. The van der Waals surface area contributed by atoms with E-state index in [1.54, 1.807) is 13.8 Å². The first kappa shape index (κ1) is 22.8. The van der Waals surface area contributed by atoms with Crippen LogP contribution in [0.3, 0.4) is 0 Å². The third kappa shape index (κ3) is 6.81. The summed E-state index contributed by atoms with van der Waals surface area (Å²) in [5, 5.41) is 1.89. The van der Waals surface area contributed by atoms with Crippen molar-refractivity contribution in [3.8, 4) is 0 Å². The Morgan fingerprint density at radius 2 is 1.69 bits per heavy atom. The number of carbonyl (C=O) groups excluding carboxylic acids is 2. The zero-order chi connectivity index (χ0) is 21.4. The van der Waals surface area contributed by atoms with Gasteiger partial charge < -0.3 is 10.2 Å². The van der Waals surface area contributed by atoms with Crippen molar-refractivity contribution in [3.63, 3.8) is 0 Å². The van der Waals surface area contributed by atoms with Crippen molar-refractivity contribution < 1.29 is 22.8 Å². The molecule has 1 N–H and O–H groups in total. The first-order chi connectivity index (χ1) is 13.7. The molecule has 0 radical (unpaired) electrons. The van der Waals surface area contributed by atoms with E-state index in [0.717, 1.165) is 11.6 Å². The van der Waals surface area contributed by atoms with Gasteiger partial charge in [0.1, 0.15) is 0 Å². The fourth-order valence-corrected chi connectivity index (χ4v) is 3.60. The van der Waals surface area contributed by atoms with Crippen molar-refractivity contribution in [3.05, 3.63) is 65.7 Å². The smallest absolute Gasteiger partial charge is 0.333 e. The topological polar surface area (TPSA) is 49.4 Å². The number of thioether (sulfide) groups is 1. The Morgan fingerprint density at radius 1 is 1.07 bits per heavy atom. The number of likely N-dealkylation sites (N-methyl/N-ethyl adjacent to an activating group) is 1. The minimum Gasteiger partial charge on any atom is -0.333 e. The number of para-hydroxylation sites is 1. The molecule has 0 aliphatic carbocycles. The van der Waals surface area contributed by atoms with Crippen LogP contribution in [-0.2, 0) is 21.5 Å². The SMILES string of the molecule is CCN(CC(=O)Nc1ccccc1C(F)(F)F)C(=O)C(C)SCc1ccccc1. The van der Waals surface area contributed by atoms with Crippen LogP contribution >= 0.6 is 11.8 Å². The van der Waals surface area contributed by atoms with Crippen LogP contribution in [-0.4, -0.2) is 35.1 Å². The van der Waals surface area contributed by atoms with Gasteiger partial charge in [-0.05, 0) is 31.5 Å². The molecule has 0 aliphatic rings. The number of benzene rings is 2. The lowest BCUT2D eigenvalue weighted by molar-refractivity contribution is -0.137. The van der Waals surface area contributed by atoms with E-state index in [0.29, 0.717) is 5.75 Å². The van der Waals surface area contributed by atoms with Gasteiger partial charge in [0.25, 0.3) is 0 Å². The summed E-state index contributed by atoms with van der Waals surface area (Å²) >= 11 is 1.45. The van der Waals surface area contributed by atoms with Crippen molar-refractivity contribution in [1.82, 2.24) is 4.90 Å². The molecule has 4 nitrogen and oxygen atoms in total. The van der Waals surface area contributed by atoms with Gasteiger partial charge >= 0.3 is 6.18 Å². The Hall–Kier alpha value is -2.48. The maximum absolute atomic E-state index is 13.1. The maximum Gasteiger partial charge on any atom is 0.418 e. The van der Waals surface area contributed by atoms with Gasteiger partial charge in [-0.3, -0.25) is 9.59 Å². The molecule has 0 saturated carbocycles. The van der Waals surface area contributed by atoms with E-state index in [2.05, 4.69) is 5.32 Å². The summed E-state index contributed by atoms with van der Waals surface area (Å²) in [7, 11) is 0. The van der Waals surface area contributed by atoms with E-state index in [4.69, 9.17) is 0 Å². The minimum atomic E-state index is -4.58. The van der Waals surface area contributed by atoms with E-state index in [9.17, 15) is 22.8 Å². The molecule has 0 aromatic heterocycles. The highest BCUT2D eigenvalue weighted by Gasteiger charge is 2.33. The number of alkyl halides is 3. The Bertz CT molecular complexity index is 828. The highest BCUT2D eigenvalue weighted by atomic mass is 32.2. The van der Waals surface area contributed by atoms with E-state index >= 15 is 0 Å². The molecule has 29 heavy (non-hydrogen) atoms. The first-order valence-electron chi connectivity index (χ1n) is 9.12. The predicted molar refractivity (Wildman–Crippen MR) is 110 cm³/mol. The van der Waals surface area contributed by atoms with Gasteiger partial charge in [0.05, 0.1) is 23.0 Å². The number of carbonyl (C=O) groups is 2. The lowest BCUT2D eigenvalue weighted by atomic mass is 10.1. The fourth-order valence-electron chi connectivity index (χ4n) is 2.67. The number of rotatable bonds is 8. The van der Waals surface area contributed by atoms with Crippen molar-refractivity contribution in [1.29, 1.82) is 0 Å². The van der Waals surface area contributed by atoms with Gasteiger partial charge in [0.2, 0.25) is 11.8 Å². The average Bonchev–Trinajstić information content (AvgIpc) is 2.70. The number of hydrogen-bond donors (Lipinski definition) is 1. The highest BCUT2D eigenvalue weighted by molar-refractivity contribution is 7.99. The zero-order valence-electron chi connectivity index (χ0n) is 16.2. The Balaban J connectivity index is 1.96. The largest absolute Gasteiger partial charge is 0.418 e. The molecule has 8 heteroatoms. The second-order valence-electron chi connectivity index (χ2n) is 6.38. The van der Waals surface area contributed by atoms with Crippen LogP contribution in [0.1, 0.15) is 25.0 Å². The molecule has 2 rings (SSSR count). The van der Waals surface area contributed by atoms with E-state index in [-0.39, 0.29) is 29.9 Å². The number of nitrogens with zero attached hydrogens (tertiary/aromatic N) is 1. The van der Waals surface area contributed by atoms with Crippen LogP contribution in [0.25, 0.3) is 0 Å². The second kappa shape index (κ2) is 10.3. The molecular weight excluding hydrogens is 401 g/mol. The molecule has 1 atom stereocenters. The molecule has 2 amide bonds. The molecule has 2 aromatic carbocycles. The van der Waals surface area contributed by atoms with E-state index in [1.165, 1.54) is 34.9 Å². The fraction of sp³-hybridized carbons (Fsp3) is 0.333. The Labute approximate surface area is 172 Å². The summed E-state index contributed by atoms with van der Waals surface area (Å²) in [6, 6.07) is 14.4. The molecule has 156 valence electrons. The molecule has 1 unspecified atom stereocenters. The zero-order valence-corrected chi connectivity index (χ0v) is 17.0. The van der Waals surface area contributed by atoms with Gasteiger partial charge in [-0.1, -0.05) is 42.5 Å². The molecule has 2 aromatic rings. The number of anilines is 1. The van der Waals surface area contributed by atoms with Crippen LogP contribution in [0.2, 0.25) is 0 Å². The number of amides is 2. The molecule has 0 saturated heterocycles. The third-order valence-electron chi connectivity index (χ3n) is 4.23. The minimum absolute atomic E-state index is 0.229. The van der Waals surface area contributed by atoms with Gasteiger partial charge in [-0.2, -0.15) is 13.2 Å². The van der Waals surface area contributed by atoms with Gasteiger partial charge in [0.15, 0.2) is 0 Å². The Morgan fingerprint density at radius 3 is 2.31 bits per heavy atom. The summed E-state index contributed by atoms with van der Waals surface area (Å²) in [6.45, 7) is 3.46. The van der Waals surface area contributed by atoms with Gasteiger partial charge in [0, 0.05) is 12.3 Å². The number of halogens is 3. The van der Waals surface area contributed by atoms with E-state index in [1.807, 2.05) is 30.3 Å². The highest BCUT2D eigenvalue weighted by Crippen LogP contribution is 2.34. The summed E-state index contributed by atoms with van der Waals surface area (Å²) in [6.07, 6.45) is -4.58. The molecule has 0 spiro atoms. The molecule has 0 aliphatic heterocycles. The molecule has 0 fully saturated rings.